The molecule has 1 aromatic heterocycles. The van der Waals surface area contributed by atoms with Gasteiger partial charge in [-0.05, 0) is 23.8 Å². The number of rotatable bonds is 2. The Balaban J connectivity index is 1.74. The average molecular weight is 368 g/mol. The van der Waals surface area contributed by atoms with E-state index in [-0.39, 0.29) is 24.1 Å². The smallest absolute Gasteiger partial charge is 0.226 e. The molecule has 5 nitrogen and oxygen atoms in total. The van der Waals surface area contributed by atoms with Gasteiger partial charge in [0.15, 0.2) is 5.13 Å². The number of morpholine rings is 1. The third-order valence-electron chi connectivity index (χ3n) is 4.22. The Morgan fingerprint density at radius 2 is 2.17 bits per heavy atom. The average Bonchev–Trinajstić information content (AvgIpc) is 3.01. The molecule has 0 aliphatic carbocycles. The zero-order chi connectivity index (χ0) is 16.7. The molecule has 1 atom stereocenters. The van der Waals surface area contributed by atoms with E-state index in [2.05, 4.69) is 15.2 Å². The highest BCUT2D eigenvalue weighted by molar-refractivity contribution is 7.16. The van der Waals surface area contributed by atoms with Gasteiger partial charge >= 0.3 is 0 Å². The van der Waals surface area contributed by atoms with Crippen LogP contribution in [0.25, 0.3) is 0 Å². The number of benzene rings is 1. The molecule has 24 heavy (non-hydrogen) atoms. The highest BCUT2D eigenvalue weighted by Gasteiger charge is 2.33. The highest BCUT2D eigenvalue weighted by atomic mass is 35.5. The van der Waals surface area contributed by atoms with Crippen LogP contribution in [0, 0.1) is 5.82 Å². The van der Waals surface area contributed by atoms with Crippen LogP contribution in [0.15, 0.2) is 18.2 Å². The fourth-order valence-corrected chi connectivity index (χ4v) is 4.40. The van der Waals surface area contributed by atoms with Gasteiger partial charge in [0.05, 0.1) is 18.1 Å². The van der Waals surface area contributed by atoms with Crippen LogP contribution in [0.2, 0.25) is 5.02 Å². The summed E-state index contributed by atoms with van der Waals surface area (Å²) in [5.41, 5.74) is 0.441. The number of nitrogens with zero attached hydrogens (tertiary/aromatic N) is 2. The van der Waals surface area contributed by atoms with Crippen molar-refractivity contribution in [1.82, 2.24) is 4.98 Å². The van der Waals surface area contributed by atoms with Crippen LogP contribution in [-0.4, -0.2) is 37.2 Å². The van der Waals surface area contributed by atoms with Gasteiger partial charge in [0.1, 0.15) is 11.6 Å². The number of halogens is 2. The van der Waals surface area contributed by atoms with E-state index in [0.717, 1.165) is 23.1 Å². The fourth-order valence-electron chi connectivity index (χ4n) is 3.03. The first-order valence-electron chi connectivity index (χ1n) is 7.70. The van der Waals surface area contributed by atoms with Gasteiger partial charge in [0.2, 0.25) is 5.91 Å². The molecule has 1 aromatic carbocycles. The lowest BCUT2D eigenvalue weighted by molar-refractivity contribution is -0.116. The lowest BCUT2D eigenvalue weighted by Crippen LogP contribution is -2.36. The number of thiazole rings is 1. The maximum atomic E-state index is 14.3. The minimum absolute atomic E-state index is 0.161. The molecular weight excluding hydrogens is 353 g/mol. The van der Waals surface area contributed by atoms with E-state index < -0.39 is 0 Å². The van der Waals surface area contributed by atoms with Gasteiger partial charge in [-0.1, -0.05) is 22.9 Å². The summed E-state index contributed by atoms with van der Waals surface area (Å²) in [6.07, 6.45) is 0.189. The number of hydrogen-bond donors (Lipinski definition) is 1. The van der Waals surface area contributed by atoms with E-state index in [4.69, 9.17) is 16.3 Å². The number of hydrogen-bond acceptors (Lipinski definition) is 5. The van der Waals surface area contributed by atoms with Crippen LogP contribution < -0.4 is 10.2 Å². The van der Waals surface area contributed by atoms with Crippen LogP contribution >= 0.6 is 22.9 Å². The standard InChI is InChI=1S/C16H15ClFN3O2S/c17-9-1-2-12(18)10(7-9)11-8-13(22)19-15-14(11)24-16(20-15)21-3-5-23-6-4-21/h1-2,7,11H,3-6,8H2,(H,19,22). The molecule has 126 valence electrons. The largest absolute Gasteiger partial charge is 0.378 e. The molecular formula is C16H15ClFN3O2S. The zero-order valence-electron chi connectivity index (χ0n) is 12.7. The Bertz CT molecular complexity index is 792. The summed E-state index contributed by atoms with van der Waals surface area (Å²) in [5, 5.41) is 4.09. The lowest BCUT2D eigenvalue weighted by atomic mass is 9.91. The van der Waals surface area contributed by atoms with Crippen molar-refractivity contribution >= 4 is 39.8 Å². The first-order chi connectivity index (χ1) is 11.6. The molecule has 1 unspecified atom stereocenters. The van der Waals surface area contributed by atoms with Crippen molar-refractivity contribution in [3.63, 3.8) is 0 Å². The summed E-state index contributed by atoms with van der Waals surface area (Å²) in [4.78, 5) is 19.6. The molecule has 2 aliphatic heterocycles. The molecule has 1 saturated heterocycles. The molecule has 1 fully saturated rings. The van der Waals surface area contributed by atoms with E-state index in [1.54, 1.807) is 6.07 Å². The van der Waals surface area contributed by atoms with Crippen molar-refractivity contribution in [2.75, 3.05) is 36.5 Å². The normalized spacial score (nSPS) is 20.7. The molecule has 0 radical (unpaired) electrons. The quantitative estimate of drug-likeness (QED) is 0.885. The molecule has 1 N–H and O–H groups in total. The number of fused-ring (bicyclic) bond motifs is 1. The first-order valence-corrected chi connectivity index (χ1v) is 8.89. The van der Waals surface area contributed by atoms with Gasteiger partial charge < -0.3 is 15.0 Å². The van der Waals surface area contributed by atoms with E-state index >= 15 is 0 Å². The van der Waals surface area contributed by atoms with Gasteiger partial charge in [-0.2, -0.15) is 0 Å². The summed E-state index contributed by atoms with van der Waals surface area (Å²) < 4.78 is 19.7. The van der Waals surface area contributed by atoms with Crippen molar-refractivity contribution in [3.05, 3.63) is 39.5 Å². The third-order valence-corrected chi connectivity index (χ3v) is 5.69. The minimum atomic E-state index is -0.361. The second-order valence-corrected chi connectivity index (χ2v) is 7.22. The summed E-state index contributed by atoms with van der Waals surface area (Å²) in [6.45, 7) is 2.83. The van der Waals surface area contributed by atoms with E-state index in [1.165, 1.54) is 23.5 Å². The number of nitrogens with one attached hydrogen (secondary N) is 1. The SMILES string of the molecule is O=C1CC(c2cc(Cl)ccc2F)c2sc(N3CCOCC3)nc2N1. The summed E-state index contributed by atoms with van der Waals surface area (Å²) in [7, 11) is 0. The Labute approximate surface area is 147 Å². The van der Waals surface area contributed by atoms with Crippen LogP contribution in [0.3, 0.4) is 0 Å². The van der Waals surface area contributed by atoms with Crippen LogP contribution in [0.4, 0.5) is 15.3 Å². The van der Waals surface area contributed by atoms with Crippen LogP contribution in [-0.2, 0) is 9.53 Å². The Morgan fingerprint density at radius 1 is 1.38 bits per heavy atom. The maximum absolute atomic E-state index is 14.3. The number of ether oxygens (including phenoxy) is 1. The molecule has 0 saturated carbocycles. The van der Waals surface area contributed by atoms with E-state index in [0.29, 0.717) is 29.6 Å². The predicted molar refractivity (Wildman–Crippen MR) is 91.6 cm³/mol. The van der Waals surface area contributed by atoms with Gasteiger partial charge in [-0.3, -0.25) is 4.79 Å². The van der Waals surface area contributed by atoms with E-state index in [1.807, 2.05) is 0 Å². The second-order valence-electron chi connectivity index (χ2n) is 5.78. The van der Waals surface area contributed by atoms with Gasteiger partial charge in [0, 0.05) is 30.5 Å². The van der Waals surface area contributed by atoms with Crippen LogP contribution in [0.5, 0.6) is 0 Å². The predicted octanol–water partition coefficient (Wildman–Crippen LogP) is 3.25. The number of anilines is 2. The second kappa shape index (κ2) is 6.31. The number of amides is 1. The first kappa shape index (κ1) is 15.8. The summed E-state index contributed by atoms with van der Waals surface area (Å²) in [6, 6.07) is 4.45. The number of carbonyl (C=O) groups excluding carboxylic acids is 1. The third kappa shape index (κ3) is 2.87. The molecule has 3 heterocycles. The number of carbonyl (C=O) groups is 1. The fraction of sp³-hybridized carbons (Fsp3) is 0.375. The lowest BCUT2D eigenvalue weighted by Gasteiger charge is -2.26. The molecule has 2 aromatic rings. The van der Waals surface area contributed by atoms with Crippen molar-refractivity contribution in [2.45, 2.75) is 12.3 Å². The molecule has 0 spiro atoms. The topological polar surface area (TPSA) is 54.5 Å². The Kier molecular flexibility index (Phi) is 4.15. The number of aromatic nitrogens is 1. The van der Waals surface area contributed by atoms with Crippen molar-refractivity contribution in [1.29, 1.82) is 0 Å². The molecule has 2 aliphatic rings. The molecule has 4 rings (SSSR count). The highest BCUT2D eigenvalue weighted by Crippen LogP contribution is 2.44. The zero-order valence-corrected chi connectivity index (χ0v) is 14.3. The Hall–Kier alpha value is -1.70. The minimum Gasteiger partial charge on any atom is -0.378 e. The Morgan fingerprint density at radius 3 is 2.96 bits per heavy atom. The van der Waals surface area contributed by atoms with Gasteiger partial charge in [-0.15, -0.1) is 0 Å². The van der Waals surface area contributed by atoms with Gasteiger partial charge in [0.25, 0.3) is 0 Å². The van der Waals surface area contributed by atoms with Crippen molar-refractivity contribution < 1.29 is 13.9 Å². The van der Waals surface area contributed by atoms with E-state index in [9.17, 15) is 9.18 Å². The van der Waals surface area contributed by atoms with Crippen LogP contribution in [0.1, 0.15) is 22.8 Å². The van der Waals surface area contributed by atoms with Gasteiger partial charge in [-0.25, -0.2) is 9.37 Å². The summed E-state index contributed by atoms with van der Waals surface area (Å²) >= 11 is 7.52. The van der Waals surface area contributed by atoms with Crippen molar-refractivity contribution in [3.8, 4) is 0 Å². The summed E-state index contributed by atoms with van der Waals surface area (Å²) in [5.74, 6) is -0.348. The molecule has 8 heteroatoms. The van der Waals surface area contributed by atoms with Crippen molar-refractivity contribution in [2.24, 2.45) is 0 Å². The maximum Gasteiger partial charge on any atom is 0.226 e. The molecule has 0 bridgehead atoms. The monoisotopic (exact) mass is 367 g/mol. The molecule has 1 amide bonds.